The lowest BCUT2D eigenvalue weighted by molar-refractivity contribution is 0.615. The minimum absolute atomic E-state index is 0.00901. The van der Waals surface area contributed by atoms with Crippen molar-refractivity contribution in [3.8, 4) is 12.3 Å². The summed E-state index contributed by atoms with van der Waals surface area (Å²) >= 11 is 0. The summed E-state index contributed by atoms with van der Waals surface area (Å²) in [6.45, 7) is 0. The van der Waals surface area contributed by atoms with Crippen LogP contribution in [0.1, 0.15) is 22.7 Å². The number of nitrogen functional groups attached to an aromatic ring is 2. The summed E-state index contributed by atoms with van der Waals surface area (Å²) in [4.78, 5) is 8.77. The van der Waals surface area contributed by atoms with E-state index in [1.54, 1.807) is 6.26 Å². The van der Waals surface area contributed by atoms with Crippen molar-refractivity contribution in [2.45, 2.75) is 6.04 Å². The molecule has 0 saturated carbocycles. The normalized spacial score (nSPS) is 15.3. The minimum atomic E-state index is -0.594. The molecule has 2 aromatic heterocycles. The molecular formula is C17H12N8O. The van der Waals surface area contributed by atoms with Gasteiger partial charge in [-0.3, -0.25) is 5.32 Å². The Kier molecular flexibility index (Phi) is 3.34. The molecular weight excluding hydrogens is 332 g/mol. The van der Waals surface area contributed by atoms with Gasteiger partial charge in [-0.2, -0.15) is 10.5 Å². The van der Waals surface area contributed by atoms with Crippen LogP contribution in [0.25, 0.3) is 11.0 Å². The minimum Gasteiger partial charge on any atom is -0.464 e. The quantitative estimate of drug-likeness (QED) is 0.383. The van der Waals surface area contributed by atoms with Gasteiger partial charge in [-0.05, 0) is 17.7 Å². The fourth-order valence-corrected chi connectivity index (χ4v) is 3.06. The number of rotatable bonds is 1. The van der Waals surface area contributed by atoms with Crippen LogP contribution in [0.3, 0.4) is 0 Å². The van der Waals surface area contributed by atoms with Gasteiger partial charge >= 0.3 is 0 Å². The van der Waals surface area contributed by atoms with Crippen LogP contribution in [-0.2, 0) is 0 Å². The topological polar surface area (TPSA) is 162 Å². The first-order valence-electron chi connectivity index (χ1n) is 7.59. The van der Waals surface area contributed by atoms with Crippen LogP contribution in [0.15, 0.2) is 39.9 Å². The number of benzene rings is 1. The molecule has 0 spiro atoms. The van der Waals surface area contributed by atoms with E-state index in [0.717, 1.165) is 10.9 Å². The predicted molar refractivity (Wildman–Crippen MR) is 95.6 cm³/mol. The molecule has 9 nitrogen and oxygen atoms in total. The fourth-order valence-electron chi connectivity index (χ4n) is 3.06. The van der Waals surface area contributed by atoms with Crippen molar-refractivity contribution >= 4 is 34.3 Å². The van der Waals surface area contributed by atoms with Gasteiger partial charge in [0.15, 0.2) is 6.19 Å². The molecule has 6 N–H and O–H groups in total. The predicted octanol–water partition coefficient (Wildman–Crippen LogP) is 1.81. The van der Waals surface area contributed by atoms with Crippen molar-refractivity contribution in [2.24, 2.45) is 4.99 Å². The molecule has 0 amide bonds. The summed E-state index contributed by atoms with van der Waals surface area (Å²) in [5.74, 6) is 0.563. The Morgan fingerprint density at radius 1 is 1.23 bits per heavy atom. The average molecular weight is 344 g/mol. The molecule has 0 bridgehead atoms. The highest BCUT2D eigenvalue weighted by Crippen LogP contribution is 2.42. The van der Waals surface area contributed by atoms with Gasteiger partial charge in [0.05, 0.1) is 12.0 Å². The second kappa shape index (κ2) is 5.69. The molecule has 9 heteroatoms. The first-order chi connectivity index (χ1) is 12.6. The molecule has 0 saturated heterocycles. The lowest BCUT2D eigenvalue weighted by Gasteiger charge is -2.26. The second-order valence-corrected chi connectivity index (χ2v) is 5.58. The van der Waals surface area contributed by atoms with E-state index in [-0.39, 0.29) is 23.0 Å². The van der Waals surface area contributed by atoms with Crippen LogP contribution in [0.5, 0.6) is 0 Å². The molecule has 1 unspecified atom stereocenters. The van der Waals surface area contributed by atoms with Crippen molar-refractivity contribution < 1.29 is 4.42 Å². The molecule has 3 heterocycles. The largest absolute Gasteiger partial charge is 0.464 e. The molecule has 1 atom stereocenters. The molecule has 1 aliphatic rings. The van der Waals surface area contributed by atoms with Gasteiger partial charge in [0, 0.05) is 10.9 Å². The maximum Gasteiger partial charge on any atom is 0.211 e. The zero-order chi connectivity index (χ0) is 18.3. The van der Waals surface area contributed by atoms with E-state index in [1.165, 1.54) is 0 Å². The zero-order valence-electron chi connectivity index (χ0n) is 13.3. The first kappa shape index (κ1) is 15.3. The SMILES string of the molecule is N#CNC1=NC(c2cccc3occc23)c2c(nc(N)c(C#N)c2N)N1. The summed E-state index contributed by atoms with van der Waals surface area (Å²) in [6.07, 6.45) is 3.40. The second-order valence-electron chi connectivity index (χ2n) is 5.58. The van der Waals surface area contributed by atoms with E-state index in [4.69, 9.17) is 21.1 Å². The first-order valence-corrected chi connectivity index (χ1v) is 7.59. The molecule has 1 aromatic carbocycles. The summed E-state index contributed by atoms with van der Waals surface area (Å²) in [6, 6.07) is 8.76. The molecule has 0 fully saturated rings. The third kappa shape index (κ3) is 2.16. The lowest BCUT2D eigenvalue weighted by Crippen LogP contribution is -2.32. The van der Waals surface area contributed by atoms with Crippen molar-refractivity contribution in [2.75, 3.05) is 16.8 Å². The Hall–Kier alpha value is -4.24. The molecule has 0 radical (unpaired) electrons. The van der Waals surface area contributed by atoms with Crippen LogP contribution >= 0.6 is 0 Å². The van der Waals surface area contributed by atoms with E-state index in [2.05, 4.69) is 20.6 Å². The van der Waals surface area contributed by atoms with E-state index in [1.807, 2.05) is 36.5 Å². The average Bonchev–Trinajstić information content (AvgIpc) is 3.10. The van der Waals surface area contributed by atoms with Gasteiger partial charge in [0.1, 0.15) is 34.9 Å². The fraction of sp³-hybridized carbons (Fsp3) is 0.0588. The molecule has 0 aliphatic carbocycles. The number of hydrogen-bond acceptors (Lipinski definition) is 9. The third-order valence-electron chi connectivity index (χ3n) is 4.18. The van der Waals surface area contributed by atoms with Gasteiger partial charge in [0.2, 0.25) is 5.96 Å². The van der Waals surface area contributed by atoms with E-state index in [0.29, 0.717) is 17.0 Å². The van der Waals surface area contributed by atoms with Gasteiger partial charge in [0.25, 0.3) is 0 Å². The molecule has 4 rings (SSSR count). The Bertz CT molecular complexity index is 1150. The number of aliphatic imine (C=N–C) groups is 1. The highest BCUT2D eigenvalue weighted by atomic mass is 16.3. The van der Waals surface area contributed by atoms with Crippen molar-refractivity contribution in [3.05, 3.63) is 47.2 Å². The summed E-state index contributed by atoms with van der Waals surface area (Å²) in [5, 5.41) is 24.5. The lowest BCUT2D eigenvalue weighted by atomic mass is 9.93. The maximum atomic E-state index is 9.36. The molecule has 1 aliphatic heterocycles. The van der Waals surface area contributed by atoms with Crippen molar-refractivity contribution in [1.82, 2.24) is 10.3 Å². The van der Waals surface area contributed by atoms with Crippen LogP contribution < -0.4 is 22.1 Å². The number of hydrogen-bond donors (Lipinski definition) is 4. The Labute approximate surface area is 147 Å². The number of fused-ring (bicyclic) bond motifs is 2. The number of nitrogens with two attached hydrogens (primary N) is 2. The Balaban J connectivity index is 2.01. The van der Waals surface area contributed by atoms with Crippen LogP contribution in [0, 0.1) is 22.8 Å². The number of pyridine rings is 1. The summed E-state index contributed by atoms with van der Waals surface area (Å²) in [7, 11) is 0. The van der Waals surface area contributed by atoms with E-state index >= 15 is 0 Å². The van der Waals surface area contributed by atoms with Crippen molar-refractivity contribution in [3.63, 3.8) is 0 Å². The number of anilines is 3. The van der Waals surface area contributed by atoms with Gasteiger partial charge in [-0.15, -0.1) is 0 Å². The maximum absolute atomic E-state index is 9.36. The van der Waals surface area contributed by atoms with Crippen LogP contribution in [0.2, 0.25) is 0 Å². The standard InChI is InChI=1S/C17H12N8O/c18-6-10-13(20)12-14(9-2-1-3-11-8(9)4-5-26-11)23-17(22-7-19)25-16(12)24-15(10)21/h1-5,14H,(H6,20,21,22,23,24,25). The van der Waals surface area contributed by atoms with Crippen LogP contribution in [-0.4, -0.2) is 10.9 Å². The van der Waals surface area contributed by atoms with E-state index < -0.39 is 6.04 Å². The number of aromatic nitrogens is 1. The van der Waals surface area contributed by atoms with E-state index in [9.17, 15) is 5.26 Å². The number of guanidine groups is 1. The van der Waals surface area contributed by atoms with Gasteiger partial charge < -0.3 is 21.2 Å². The monoisotopic (exact) mass is 344 g/mol. The Morgan fingerprint density at radius 3 is 2.85 bits per heavy atom. The number of nitrogens with one attached hydrogen (secondary N) is 2. The zero-order valence-corrected chi connectivity index (χ0v) is 13.3. The van der Waals surface area contributed by atoms with Gasteiger partial charge in [-0.1, -0.05) is 12.1 Å². The van der Waals surface area contributed by atoms with Gasteiger partial charge in [-0.25, -0.2) is 9.98 Å². The molecule has 3 aromatic rings. The Morgan fingerprint density at radius 2 is 2.08 bits per heavy atom. The number of furan rings is 1. The highest BCUT2D eigenvalue weighted by molar-refractivity contribution is 5.99. The smallest absolute Gasteiger partial charge is 0.211 e. The summed E-state index contributed by atoms with van der Waals surface area (Å²) in [5.41, 5.74) is 14.4. The molecule has 26 heavy (non-hydrogen) atoms. The third-order valence-corrected chi connectivity index (χ3v) is 4.18. The summed E-state index contributed by atoms with van der Waals surface area (Å²) < 4.78 is 5.45. The molecule has 126 valence electrons. The van der Waals surface area contributed by atoms with Crippen LogP contribution in [0.4, 0.5) is 17.3 Å². The number of nitrogens with zero attached hydrogens (tertiary/aromatic N) is 4. The van der Waals surface area contributed by atoms with Crippen molar-refractivity contribution in [1.29, 1.82) is 10.5 Å². The highest BCUT2D eigenvalue weighted by Gasteiger charge is 2.30. The number of nitriles is 2.